The highest BCUT2D eigenvalue weighted by Gasteiger charge is 2.36. The number of rotatable bonds is 9. The Morgan fingerprint density at radius 3 is 2.22 bits per heavy atom. The maximum absolute atomic E-state index is 13.7. The number of hydrogen-bond donors (Lipinski definition) is 0. The minimum Gasteiger partial charge on any atom is -0.491 e. The zero-order valence-electron chi connectivity index (χ0n) is 20.4. The van der Waals surface area contributed by atoms with E-state index in [1.54, 1.807) is 18.7 Å². The largest absolute Gasteiger partial charge is 0.491 e. The van der Waals surface area contributed by atoms with Gasteiger partial charge in [0.15, 0.2) is 21.4 Å². The minimum atomic E-state index is -3.92. The number of piperazine rings is 1. The number of sulfonamides is 1. The van der Waals surface area contributed by atoms with Crippen molar-refractivity contribution in [2.75, 3.05) is 39.0 Å². The Bertz CT molecular complexity index is 1320. The molecule has 1 aliphatic rings. The van der Waals surface area contributed by atoms with E-state index in [0.717, 1.165) is 24.5 Å². The van der Waals surface area contributed by atoms with Crippen molar-refractivity contribution in [2.24, 2.45) is 5.41 Å². The first-order valence-corrected chi connectivity index (χ1v) is 14.7. The maximum atomic E-state index is 13.7. The fourth-order valence-corrected chi connectivity index (χ4v) is 6.18. The summed E-state index contributed by atoms with van der Waals surface area (Å²) in [5.41, 5.74) is -0.754. The van der Waals surface area contributed by atoms with Gasteiger partial charge in [0, 0.05) is 43.9 Å². The molecule has 12 heteroatoms. The molecular weight excluding hydrogens is 514 g/mol. The number of benzene rings is 2. The van der Waals surface area contributed by atoms with Crippen LogP contribution in [0.2, 0.25) is 0 Å². The highest BCUT2D eigenvalue weighted by atomic mass is 32.2. The second-order valence-corrected chi connectivity index (χ2v) is 13.3. The minimum absolute atomic E-state index is 0.0556. The quantitative estimate of drug-likeness (QED) is 0.450. The maximum Gasteiger partial charge on any atom is 0.243 e. The van der Waals surface area contributed by atoms with Gasteiger partial charge in [-0.3, -0.25) is 4.79 Å². The summed E-state index contributed by atoms with van der Waals surface area (Å²) in [6, 6.07) is 8.29. The van der Waals surface area contributed by atoms with Crippen LogP contribution in [0.1, 0.15) is 26.7 Å². The molecule has 0 bridgehead atoms. The first kappa shape index (κ1) is 28.0. The number of halogens is 2. The smallest absolute Gasteiger partial charge is 0.243 e. The number of carbonyl (C=O) groups excluding carboxylic acids is 1. The highest BCUT2D eigenvalue weighted by molar-refractivity contribution is 7.91. The van der Waals surface area contributed by atoms with E-state index in [1.165, 1.54) is 28.6 Å². The van der Waals surface area contributed by atoms with Gasteiger partial charge in [-0.15, -0.1) is 0 Å². The molecule has 0 saturated carbocycles. The van der Waals surface area contributed by atoms with Gasteiger partial charge in [-0.1, -0.05) is 19.9 Å². The Morgan fingerprint density at radius 2 is 1.61 bits per heavy atom. The van der Waals surface area contributed by atoms with Crippen molar-refractivity contribution in [3.05, 3.63) is 54.1 Å². The molecule has 3 rings (SSSR count). The van der Waals surface area contributed by atoms with Crippen LogP contribution in [0.3, 0.4) is 0 Å². The van der Waals surface area contributed by atoms with Crippen LogP contribution >= 0.6 is 0 Å². The van der Waals surface area contributed by atoms with Crippen LogP contribution in [-0.2, 0) is 24.7 Å². The van der Waals surface area contributed by atoms with Crippen LogP contribution in [0, 0.1) is 17.0 Å². The Kier molecular flexibility index (Phi) is 8.41. The van der Waals surface area contributed by atoms with Gasteiger partial charge in [0.2, 0.25) is 15.9 Å². The summed E-state index contributed by atoms with van der Waals surface area (Å²) in [6.07, 6.45) is 1.92. The molecule has 0 unspecified atom stereocenters. The number of sulfone groups is 1. The van der Waals surface area contributed by atoms with Crippen molar-refractivity contribution in [2.45, 2.75) is 36.5 Å². The number of amides is 1. The third-order valence-electron chi connectivity index (χ3n) is 6.07. The summed E-state index contributed by atoms with van der Waals surface area (Å²) in [5.74, 6) is -1.67. The Labute approximate surface area is 210 Å². The van der Waals surface area contributed by atoms with Crippen molar-refractivity contribution in [3.8, 4) is 5.75 Å². The van der Waals surface area contributed by atoms with Crippen LogP contribution < -0.4 is 4.74 Å². The van der Waals surface area contributed by atoms with E-state index in [-0.39, 0.29) is 54.2 Å². The predicted molar refractivity (Wildman–Crippen MR) is 130 cm³/mol. The Morgan fingerprint density at radius 1 is 0.972 bits per heavy atom. The molecule has 0 radical (unpaired) electrons. The summed E-state index contributed by atoms with van der Waals surface area (Å²) in [4.78, 5) is 14.5. The van der Waals surface area contributed by atoms with Gasteiger partial charge >= 0.3 is 0 Å². The summed E-state index contributed by atoms with van der Waals surface area (Å²) in [5, 5.41) is 0. The van der Waals surface area contributed by atoms with Crippen molar-refractivity contribution >= 4 is 25.8 Å². The highest BCUT2D eigenvalue weighted by Crippen LogP contribution is 2.28. The van der Waals surface area contributed by atoms with Crippen LogP contribution in [-0.4, -0.2) is 71.0 Å². The molecule has 0 aliphatic carbocycles. The normalized spacial score (nSPS) is 15.6. The molecule has 0 N–H and O–H groups in total. The molecule has 0 atom stereocenters. The van der Waals surface area contributed by atoms with Crippen molar-refractivity contribution in [1.29, 1.82) is 0 Å². The first-order valence-electron chi connectivity index (χ1n) is 11.4. The summed E-state index contributed by atoms with van der Waals surface area (Å²) < 4.78 is 83.0. The van der Waals surface area contributed by atoms with Crippen molar-refractivity contribution in [3.63, 3.8) is 0 Å². The molecule has 8 nitrogen and oxygen atoms in total. The molecule has 2 aromatic carbocycles. The zero-order valence-corrected chi connectivity index (χ0v) is 22.0. The molecule has 1 amide bonds. The molecule has 36 heavy (non-hydrogen) atoms. The van der Waals surface area contributed by atoms with Gasteiger partial charge in [0.25, 0.3) is 0 Å². The monoisotopic (exact) mass is 544 g/mol. The third-order valence-corrected chi connectivity index (χ3v) is 9.08. The Hall–Kier alpha value is -2.57. The van der Waals surface area contributed by atoms with Gasteiger partial charge in [0.1, 0.15) is 5.82 Å². The lowest BCUT2D eigenvalue weighted by molar-refractivity contribution is -0.142. The number of ether oxygens (including phenoxy) is 1. The van der Waals surface area contributed by atoms with E-state index in [0.29, 0.717) is 12.8 Å². The lowest BCUT2D eigenvalue weighted by atomic mass is 9.86. The second-order valence-electron chi connectivity index (χ2n) is 9.35. The number of hydrogen-bond acceptors (Lipinski definition) is 6. The fourth-order valence-electron chi connectivity index (χ4n) is 3.97. The van der Waals surface area contributed by atoms with Gasteiger partial charge < -0.3 is 9.64 Å². The van der Waals surface area contributed by atoms with Gasteiger partial charge in [-0.2, -0.15) is 4.31 Å². The molecule has 0 aromatic heterocycles. The SMILES string of the molecule is CC(C)(CCCOc1ccc(F)cc1F)C(=O)N1CCN(S(=O)(=O)c2cccc(S(C)(=O)=O)c2)CC1. The lowest BCUT2D eigenvalue weighted by Crippen LogP contribution is -2.53. The molecule has 0 spiro atoms. The van der Waals surface area contributed by atoms with Crippen LogP contribution in [0.5, 0.6) is 5.75 Å². The standard InChI is InChI=1S/C24H30F2N2O6S2/c1-24(2,10-5-15-34-22-9-8-18(25)16-21(22)26)23(29)27-11-13-28(14-12-27)36(32,33)20-7-4-6-19(17-20)35(3,30)31/h4,6-9,16-17H,5,10-15H2,1-3H3. The average molecular weight is 545 g/mol. The topological polar surface area (TPSA) is 101 Å². The summed E-state index contributed by atoms with van der Waals surface area (Å²) >= 11 is 0. The molecule has 1 aliphatic heterocycles. The zero-order chi connectivity index (χ0) is 26.7. The van der Waals surface area contributed by atoms with Gasteiger partial charge in [-0.05, 0) is 43.2 Å². The summed E-state index contributed by atoms with van der Waals surface area (Å²) in [6.45, 7) is 4.29. The second kappa shape index (κ2) is 10.8. The van der Waals surface area contributed by atoms with E-state index >= 15 is 0 Å². The van der Waals surface area contributed by atoms with Gasteiger partial charge in [-0.25, -0.2) is 25.6 Å². The van der Waals surface area contributed by atoms with E-state index in [1.807, 2.05) is 0 Å². The van der Waals surface area contributed by atoms with E-state index in [9.17, 15) is 30.4 Å². The molecule has 1 saturated heterocycles. The molecule has 1 fully saturated rings. The van der Waals surface area contributed by atoms with Crippen molar-refractivity contribution in [1.82, 2.24) is 9.21 Å². The summed E-state index contributed by atoms with van der Waals surface area (Å²) in [7, 11) is -7.48. The predicted octanol–water partition coefficient (Wildman–Crippen LogP) is 3.09. The van der Waals surface area contributed by atoms with E-state index < -0.39 is 36.9 Å². The molecule has 198 valence electrons. The fraction of sp³-hybridized carbons (Fsp3) is 0.458. The van der Waals surface area contributed by atoms with Crippen LogP contribution in [0.25, 0.3) is 0 Å². The average Bonchev–Trinajstić information content (AvgIpc) is 2.82. The molecule has 1 heterocycles. The van der Waals surface area contributed by atoms with Crippen molar-refractivity contribution < 1.29 is 35.1 Å². The molecular formula is C24H30F2N2O6S2. The third kappa shape index (κ3) is 6.60. The van der Waals surface area contributed by atoms with Crippen LogP contribution in [0.15, 0.2) is 52.3 Å². The Balaban J connectivity index is 1.54. The lowest BCUT2D eigenvalue weighted by Gasteiger charge is -2.38. The first-order chi connectivity index (χ1) is 16.7. The van der Waals surface area contributed by atoms with E-state index in [2.05, 4.69) is 0 Å². The van der Waals surface area contributed by atoms with E-state index in [4.69, 9.17) is 4.74 Å². The van der Waals surface area contributed by atoms with Crippen LogP contribution in [0.4, 0.5) is 8.78 Å². The number of carbonyl (C=O) groups is 1. The van der Waals surface area contributed by atoms with Gasteiger partial charge in [0.05, 0.1) is 16.4 Å². The molecule has 2 aromatic rings. The number of nitrogens with zero attached hydrogens (tertiary/aromatic N) is 2.